The highest BCUT2D eigenvalue weighted by Gasteiger charge is 2.07. The fraction of sp³-hybridized carbons (Fsp3) is 0.333. The van der Waals surface area contributed by atoms with Crippen LogP contribution in [0.25, 0.3) is 0 Å². The molecular formula is C9H10BrNO2. The largest absolute Gasteiger partial charge is 0.477 e. The molecule has 0 radical (unpaired) electrons. The van der Waals surface area contributed by atoms with E-state index in [9.17, 15) is 4.79 Å². The molecule has 70 valence electrons. The van der Waals surface area contributed by atoms with Gasteiger partial charge in [0.1, 0.15) is 5.69 Å². The van der Waals surface area contributed by atoms with Crippen LogP contribution in [0.1, 0.15) is 29.4 Å². The zero-order valence-electron chi connectivity index (χ0n) is 7.25. The molecule has 0 aliphatic heterocycles. The summed E-state index contributed by atoms with van der Waals surface area (Å²) >= 11 is 3.33. The highest BCUT2D eigenvalue weighted by molar-refractivity contribution is 9.10. The van der Waals surface area contributed by atoms with Crippen molar-refractivity contribution in [3.05, 3.63) is 28.0 Å². The Morgan fingerprint density at radius 2 is 2.38 bits per heavy atom. The third kappa shape index (κ3) is 2.52. The van der Waals surface area contributed by atoms with Crippen molar-refractivity contribution in [2.24, 2.45) is 0 Å². The van der Waals surface area contributed by atoms with E-state index in [4.69, 9.17) is 5.11 Å². The molecule has 0 atom stereocenters. The Bertz CT molecular complexity index is 325. The van der Waals surface area contributed by atoms with Gasteiger partial charge < -0.3 is 5.11 Å². The van der Waals surface area contributed by atoms with E-state index >= 15 is 0 Å². The van der Waals surface area contributed by atoms with Crippen molar-refractivity contribution in [3.8, 4) is 0 Å². The fourth-order valence-electron chi connectivity index (χ4n) is 1.06. The minimum atomic E-state index is -0.982. The van der Waals surface area contributed by atoms with Gasteiger partial charge in [-0.15, -0.1) is 0 Å². The predicted molar refractivity (Wildman–Crippen MR) is 52.9 cm³/mol. The molecule has 0 aromatic carbocycles. The molecule has 1 N–H and O–H groups in total. The van der Waals surface area contributed by atoms with Gasteiger partial charge in [-0.3, -0.25) is 0 Å². The van der Waals surface area contributed by atoms with Crippen molar-refractivity contribution in [1.82, 2.24) is 4.98 Å². The maximum absolute atomic E-state index is 10.6. The maximum atomic E-state index is 10.6. The topological polar surface area (TPSA) is 50.2 Å². The molecule has 0 bridgehead atoms. The van der Waals surface area contributed by atoms with E-state index in [1.165, 1.54) is 6.20 Å². The number of hydrogen-bond donors (Lipinski definition) is 1. The molecule has 1 heterocycles. The van der Waals surface area contributed by atoms with Crippen LogP contribution in [-0.2, 0) is 6.42 Å². The smallest absolute Gasteiger partial charge is 0.354 e. The molecule has 0 saturated heterocycles. The van der Waals surface area contributed by atoms with E-state index in [0.717, 1.165) is 22.9 Å². The number of carboxylic acid groups (broad SMARTS) is 1. The number of pyridine rings is 1. The number of carbonyl (C=O) groups is 1. The van der Waals surface area contributed by atoms with Crippen LogP contribution in [0.2, 0.25) is 0 Å². The summed E-state index contributed by atoms with van der Waals surface area (Å²) < 4.78 is 0.874. The van der Waals surface area contributed by atoms with Gasteiger partial charge in [0.05, 0.1) is 0 Å². The van der Waals surface area contributed by atoms with Gasteiger partial charge in [0.25, 0.3) is 0 Å². The molecule has 0 amide bonds. The average molecular weight is 244 g/mol. The lowest BCUT2D eigenvalue weighted by Crippen LogP contribution is -2.01. The molecule has 0 fully saturated rings. The average Bonchev–Trinajstić information content (AvgIpc) is 2.08. The lowest BCUT2D eigenvalue weighted by Gasteiger charge is -2.02. The van der Waals surface area contributed by atoms with Gasteiger partial charge in [0, 0.05) is 10.7 Å². The van der Waals surface area contributed by atoms with Crippen LogP contribution in [0, 0.1) is 0 Å². The molecule has 0 spiro atoms. The quantitative estimate of drug-likeness (QED) is 0.888. The van der Waals surface area contributed by atoms with Crippen LogP contribution in [-0.4, -0.2) is 16.1 Å². The normalized spacial score (nSPS) is 10.0. The Balaban J connectivity index is 3.03. The van der Waals surface area contributed by atoms with Crippen LogP contribution in [0.4, 0.5) is 0 Å². The molecule has 4 heteroatoms. The Morgan fingerprint density at radius 1 is 1.69 bits per heavy atom. The lowest BCUT2D eigenvalue weighted by molar-refractivity contribution is 0.0690. The van der Waals surface area contributed by atoms with E-state index in [-0.39, 0.29) is 5.69 Å². The Morgan fingerprint density at radius 3 is 2.92 bits per heavy atom. The van der Waals surface area contributed by atoms with Crippen molar-refractivity contribution in [2.45, 2.75) is 19.8 Å². The lowest BCUT2D eigenvalue weighted by atomic mass is 10.1. The summed E-state index contributed by atoms with van der Waals surface area (Å²) in [4.78, 5) is 14.4. The first-order chi connectivity index (χ1) is 6.15. The minimum absolute atomic E-state index is 0.103. The van der Waals surface area contributed by atoms with Crippen molar-refractivity contribution >= 4 is 21.9 Å². The number of aromatic nitrogens is 1. The van der Waals surface area contributed by atoms with Gasteiger partial charge in [-0.1, -0.05) is 13.3 Å². The number of nitrogens with zero attached hydrogens (tertiary/aromatic N) is 1. The summed E-state index contributed by atoms with van der Waals surface area (Å²) in [5, 5.41) is 8.69. The minimum Gasteiger partial charge on any atom is -0.477 e. The standard InChI is InChI=1S/C9H10BrNO2/c1-2-3-6-4-8(9(12)13)11-5-7(6)10/h4-5H,2-3H2,1H3,(H,12,13). The van der Waals surface area contributed by atoms with E-state index in [1.807, 2.05) is 6.92 Å². The van der Waals surface area contributed by atoms with E-state index < -0.39 is 5.97 Å². The number of aryl methyl sites for hydroxylation is 1. The molecule has 0 unspecified atom stereocenters. The Labute approximate surface area is 84.9 Å². The fourth-order valence-corrected chi connectivity index (χ4v) is 1.47. The number of rotatable bonds is 3. The van der Waals surface area contributed by atoms with E-state index in [2.05, 4.69) is 20.9 Å². The molecule has 0 aliphatic carbocycles. The van der Waals surface area contributed by atoms with Crippen LogP contribution in [0.5, 0.6) is 0 Å². The summed E-state index contributed by atoms with van der Waals surface area (Å²) in [6.45, 7) is 2.05. The molecular weight excluding hydrogens is 234 g/mol. The Hall–Kier alpha value is -0.900. The molecule has 1 rings (SSSR count). The van der Waals surface area contributed by atoms with E-state index in [1.54, 1.807) is 6.07 Å². The first kappa shape index (κ1) is 10.2. The third-order valence-corrected chi connectivity index (χ3v) is 2.39. The van der Waals surface area contributed by atoms with Gasteiger partial charge in [-0.25, -0.2) is 9.78 Å². The third-order valence-electron chi connectivity index (χ3n) is 1.67. The monoisotopic (exact) mass is 243 g/mol. The molecule has 1 aromatic rings. The van der Waals surface area contributed by atoms with Gasteiger partial charge in [0.2, 0.25) is 0 Å². The first-order valence-corrected chi connectivity index (χ1v) is 4.82. The van der Waals surface area contributed by atoms with Crippen molar-refractivity contribution in [1.29, 1.82) is 0 Å². The Kier molecular flexibility index (Phi) is 3.42. The summed E-state index contributed by atoms with van der Waals surface area (Å²) in [7, 11) is 0. The second-order valence-electron chi connectivity index (χ2n) is 2.72. The van der Waals surface area contributed by atoms with Crippen LogP contribution >= 0.6 is 15.9 Å². The SMILES string of the molecule is CCCc1cc(C(=O)O)ncc1Br. The number of aromatic carboxylic acids is 1. The zero-order valence-corrected chi connectivity index (χ0v) is 8.84. The second-order valence-corrected chi connectivity index (χ2v) is 3.57. The summed E-state index contributed by atoms with van der Waals surface area (Å²) in [6.07, 6.45) is 3.39. The van der Waals surface area contributed by atoms with Crippen LogP contribution in [0.3, 0.4) is 0 Å². The van der Waals surface area contributed by atoms with Crippen molar-refractivity contribution in [3.63, 3.8) is 0 Å². The first-order valence-electron chi connectivity index (χ1n) is 4.03. The molecule has 13 heavy (non-hydrogen) atoms. The number of halogens is 1. The predicted octanol–water partition coefficient (Wildman–Crippen LogP) is 2.49. The van der Waals surface area contributed by atoms with Crippen molar-refractivity contribution < 1.29 is 9.90 Å². The van der Waals surface area contributed by atoms with Gasteiger partial charge in [0.15, 0.2) is 0 Å². The molecule has 3 nitrogen and oxygen atoms in total. The highest BCUT2D eigenvalue weighted by atomic mass is 79.9. The molecule has 0 aliphatic rings. The second kappa shape index (κ2) is 4.37. The van der Waals surface area contributed by atoms with Gasteiger partial charge in [-0.05, 0) is 34.0 Å². The summed E-state index contributed by atoms with van der Waals surface area (Å²) in [5.74, 6) is -0.982. The maximum Gasteiger partial charge on any atom is 0.354 e. The van der Waals surface area contributed by atoms with E-state index in [0.29, 0.717) is 0 Å². The number of carboxylic acids is 1. The number of hydrogen-bond acceptors (Lipinski definition) is 2. The van der Waals surface area contributed by atoms with Crippen molar-refractivity contribution in [2.75, 3.05) is 0 Å². The van der Waals surface area contributed by atoms with Crippen LogP contribution < -0.4 is 0 Å². The molecule has 1 aromatic heterocycles. The highest BCUT2D eigenvalue weighted by Crippen LogP contribution is 2.17. The van der Waals surface area contributed by atoms with Crippen LogP contribution in [0.15, 0.2) is 16.7 Å². The van der Waals surface area contributed by atoms with Gasteiger partial charge >= 0.3 is 5.97 Å². The summed E-state index contributed by atoms with van der Waals surface area (Å²) in [6, 6.07) is 1.61. The summed E-state index contributed by atoms with van der Waals surface area (Å²) in [5.41, 5.74) is 1.10. The molecule has 0 saturated carbocycles. The zero-order chi connectivity index (χ0) is 9.84. The van der Waals surface area contributed by atoms with Gasteiger partial charge in [-0.2, -0.15) is 0 Å².